The van der Waals surface area contributed by atoms with Gasteiger partial charge in [-0.05, 0) is 55.4 Å². The van der Waals surface area contributed by atoms with Gasteiger partial charge in [-0.1, -0.05) is 42.5 Å². The molecule has 1 atom stereocenters. The molecule has 2 aromatic rings. The van der Waals surface area contributed by atoms with Crippen molar-refractivity contribution in [3.63, 3.8) is 0 Å². The van der Waals surface area contributed by atoms with Gasteiger partial charge in [0, 0.05) is 26.1 Å². The van der Waals surface area contributed by atoms with Gasteiger partial charge in [0.2, 0.25) is 11.8 Å². The highest BCUT2D eigenvalue weighted by atomic mass is 16.2. The van der Waals surface area contributed by atoms with Crippen LogP contribution in [0, 0.1) is 17.2 Å². The lowest BCUT2D eigenvalue weighted by Crippen LogP contribution is -2.35. The number of nitrogens with zero attached hydrogens (tertiary/aromatic N) is 2. The Morgan fingerprint density at radius 1 is 1.07 bits per heavy atom. The summed E-state index contributed by atoms with van der Waals surface area (Å²) in [6, 6.07) is 19.9. The molecule has 0 radical (unpaired) electrons. The Labute approximate surface area is 178 Å². The molecule has 0 spiro atoms. The van der Waals surface area contributed by atoms with Crippen LogP contribution in [-0.4, -0.2) is 36.3 Å². The zero-order chi connectivity index (χ0) is 21.2. The van der Waals surface area contributed by atoms with Gasteiger partial charge in [-0.3, -0.25) is 9.59 Å². The molecule has 1 unspecified atom stereocenters. The maximum atomic E-state index is 12.6. The van der Waals surface area contributed by atoms with Crippen LogP contribution in [0.4, 0.5) is 0 Å². The molecule has 1 aliphatic rings. The highest BCUT2D eigenvalue weighted by Gasteiger charge is 2.31. The average Bonchev–Trinajstić information content (AvgIpc) is 3.12. The van der Waals surface area contributed by atoms with Crippen molar-refractivity contribution in [1.82, 2.24) is 10.2 Å². The van der Waals surface area contributed by atoms with Crippen molar-refractivity contribution < 1.29 is 9.59 Å². The quantitative estimate of drug-likeness (QED) is 0.660. The first-order valence-corrected chi connectivity index (χ1v) is 10.7. The summed E-state index contributed by atoms with van der Waals surface area (Å²) in [6.45, 7) is 1.99. The smallest absolute Gasteiger partial charge is 0.227 e. The van der Waals surface area contributed by atoms with Crippen molar-refractivity contribution in [3.05, 3.63) is 71.3 Å². The number of benzene rings is 2. The van der Waals surface area contributed by atoms with Crippen LogP contribution in [0.2, 0.25) is 0 Å². The second-order valence-electron chi connectivity index (χ2n) is 7.87. The van der Waals surface area contributed by atoms with Crippen LogP contribution in [-0.2, 0) is 22.4 Å². The van der Waals surface area contributed by atoms with Crippen LogP contribution in [0.25, 0.3) is 0 Å². The standard InChI is InChI=1S/C25H29N3O2/c26-18-22-11-4-9-21(17-22)10-5-13-24(29)27-19-23-14-16-28(25(23)30)15-6-12-20-7-2-1-3-8-20/h1-4,7-9,11,17,23H,5-6,10,12-16,19H2,(H,27,29). The number of carbonyl (C=O) groups is 2. The van der Waals surface area contributed by atoms with Crippen molar-refractivity contribution in [1.29, 1.82) is 5.26 Å². The number of hydrogen-bond acceptors (Lipinski definition) is 3. The van der Waals surface area contributed by atoms with Gasteiger partial charge in [0.15, 0.2) is 0 Å². The number of nitriles is 1. The normalized spacial score (nSPS) is 15.8. The van der Waals surface area contributed by atoms with E-state index in [1.807, 2.05) is 41.3 Å². The fourth-order valence-corrected chi connectivity index (χ4v) is 3.91. The Bertz CT molecular complexity index is 889. The lowest BCUT2D eigenvalue weighted by atomic mass is 10.1. The molecule has 30 heavy (non-hydrogen) atoms. The highest BCUT2D eigenvalue weighted by molar-refractivity contribution is 5.82. The van der Waals surface area contributed by atoms with Gasteiger partial charge >= 0.3 is 0 Å². The molecule has 3 rings (SSSR count). The van der Waals surface area contributed by atoms with Crippen molar-refractivity contribution in [2.24, 2.45) is 5.92 Å². The first-order valence-electron chi connectivity index (χ1n) is 10.7. The van der Waals surface area contributed by atoms with E-state index in [-0.39, 0.29) is 17.7 Å². The predicted molar refractivity (Wildman–Crippen MR) is 117 cm³/mol. The Kier molecular flexibility index (Phi) is 8.02. The van der Waals surface area contributed by atoms with Gasteiger partial charge in [0.25, 0.3) is 0 Å². The monoisotopic (exact) mass is 403 g/mol. The van der Waals surface area contributed by atoms with E-state index in [2.05, 4.69) is 23.5 Å². The van der Waals surface area contributed by atoms with Crippen molar-refractivity contribution in [2.45, 2.75) is 38.5 Å². The largest absolute Gasteiger partial charge is 0.355 e. The van der Waals surface area contributed by atoms with Crippen LogP contribution in [0.3, 0.4) is 0 Å². The number of rotatable bonds is 10. The lowest BCUT2D eigenvalue weighted by molar-refractivity contribution is -0.131. The third kappa shape index (κ3) is 6.45. The topological polar surface area (TPSA) is 73.2 Å². The molecule has 5 nitrogen and oxygen atoms in total. The average molecular weight is 404 g/mol. The van der Waals surface area contributed by atoms with Gasteiger partial charge in [-0.15, -0.1) is 0 Å². The molecule has 0 aromatic heterocycles. The molecule has 2 aromatic carbocycles. The maximum absolute atomic E-state index is 12.6. The molecule has 1 heterocycles. The number of carbonyl (C=O) groups excluding carboxylic acids is 2. The molecule has 0 aliphatic carbocycles. The van der Waals surface area contributed by atoms with Crippen LogP contribution in [0.5, 0.6) is 0 Å². The third-order valence-electron chi connectivity index (χ3n) is 5.62. The molecule has 2 amide bonds. The molecular formula is C25H29N3O2. The summed E-state index contributed by atoms with van der Waals surface area (Å²) >= 11 is 0. The molecular weight excluding hydrogens is 374 g/mol. The predicted octanol–water partition coefficient (Wildman–Crippen LogP) is 3.48. The summed E-state index contributed by atoms with van der Waals surface area (Å²) in [4.78, 5) is 26.6. The van der Waals surface area contributed by atoms with E-state index in [1.165, 1.54) is 5.56 Å². The van der Waals surface area contributed by atoms with Gasteiger partial charge in [-0.25, -0.2) is 0 Å². The second-order valence-corrected chi connectivity index (χ2v) is 7.87. The fraction of sp³-hybridized carbons (Fsp3) is 0.400. The van der Waals surface area contributed by atoms with E-state index < -0.39 is 0 Å². The molecule has 1 N–H and O–H groups in total. The highest BCUT2D eigenvalue weighted by Crippen LogP contribution is 2.18. The summed E-state index contributed by atoms with van der Waals surface area (Å²) in [5.74, 6) is 0.0523. The van der Waals surface area contributed by atoms with E-state index in [0.717, 1.165) is 50.8 Å². The van der Waals surface area contributed by atoms with Gasteiger partial charge < -0.3 is 10.2 Å². The Morgan fingerprint density at radius 2 is 1.83 bits per heavy atom. The molecule has 5 heteroatoms. The number of aryl methyl sites for hydroxylation is 2. The van der Waals surface area contributed by atoms with E-state index in [9.17, 15) is 9.59 Å². The summed E-state index contributed by atoms with van der Waals surface area (Å²) in [5, 5.41) is 11.9. The fourth-order valence-electron chi connectivity index (χ4n) is 3.91. The summed E-state index contributed by atoms with van der Waals surface area (Å²) in [6.07, 6.45) is 4.67. The van der Waals surface area contributed by atoms with Crippen LogP contribution in [0.1, 0.15) is 42.4 Å². The summed E-state index contributed by atoms with van der Waals surface area (Å²) < 4.78 is 0. The molecule has 1 saturated heterocycles. The van der Waals surface area contributed by atoms with Crippen molar-refractivity contribution in [2.75, 3.05) is 19.6 Å². The summed E-state index contributed by atoms with van der Waals surface area (Å²) in [7, 11) is 0. The van der Waals surface area contributed by atoms with E-state index in [0.29, 0.717) is 18.5 Å². The Balaban J connectivity index is 1.32. The van der Waals surface area contributed by atoms with Crippen LogP contribution >= 0.6 is 0 Å². The van der Waals surface area contributed by atoms with E-state index in [4.69, 9.17) is 5.26 Å². The molecule has 0 saturated carbocycles. The first kappa shape index (κ1) is 21.6. The molecule has 0 bridgehead atoms. The number of likely N-dealkylation sites (tertiary alicyclic amines) is 1. The van der Waals surface area contributed by atoms with Gasteiger partial charge in [0.05, 0.1) is 17.6 Å². The van der Waals surface area contributed by atoms with Crippen LogP contribution < -0.4 is 5.32 Å². The van der Waals surface area contributed by atoms with Crippen molar-refractivity contribution >= 4 is 11.8 Å². The second kappa shape index (κ2) is 11.2. The minimum atomic E-state index is -0.0991. The maximum Gasteiger partial charge on any atom is 0.227 e. The Morgan fingerprint density at radius 3 is 2.63 bits per heavy atom. The van der Waals surface area contributed by atoms with Crippen molar-refractivity contribution in [3.8, 4) is 6.07 Å². The van der Waals surface area contributed by atoms with Gasteiger partial charge in [0.1, 0.15) is 0 Å². The molecule has 1 fully saturated rings. The SMILES string of the molecule is N#Cc1cccc(CCCC(=O)NCC2CCN(CCCc3ccccc3)C2=O)c1. The lowest BCUT2D eigenvalue weighted by Gasteiger charge is -2.17. The number of hydrogen-bond donors (Lipinski definition) is 1. The number of nitrogens with one attached hydrogen (secondary N) is 1. The molecule has 156 valence electrons. The third-order valence-corrected chi connectivity index (χ3v) is 5.62. The van der Waals surface area contributed by atoms with Crippen LogP contribution in [0.15, 0.2) is 54.6 Å². The molecule has 1 aliphatic heterocycles. The minimum absolute atomic E-state index is 0.0123. The van der Waals surface area contributed by atoms with E-state index >= 15 is 0 Å². The Hall–Kier alpha value is -3.13. The zero-order valence-corrected chi connectivity index (χ0v) is 17.3. The number of amides is 2. The first-order chi connectivity index (χ1) is 14.7. The zero-order valence-electron chi connectivity index (χ0n) is 17.3. The van der Waals surface area contributed by atoms with E-state index in [1.54, 1.807) is 6.07 Å². The van der Waals surface area contributed by atoms with Gasteiger partial charge in [-0.2, -0.15) is 5.26 Å². The minimum Gasteiger partial charge on any atom is -0.355 e. The summed E-state index contributed by atoms with van der Waals surface area (Å²) in [5.41, 5.74) is 3.01.